The number of nitrogens with zero attached hydrogens (tertiary/aromatic N) is 2. The molecule has 0 aliphatic rings. The van der Waals surface area contributed by atoms with Gasteiger partial charge in [-0.25, -0.2) is 17.5 Å². The summed E-state index contributed by atoms with van der Waals surface area (Å²) in [5.74, 6) is -0.615. The molecular formula is C13H17FN4O2S. The third-order valence-corrected chi connectivity index (χ3v) is 4.48. The monoisotopic (exact) mass is 312 g/mol. The third-order valence-electron chi connectivity index (χ3n) is 2.93. The van der Waals surface area contributed by atoms with Gasteiger partial charge in [-0.3, -0.25) is 4.68 Å². The lowest BCUT2D eigenvalue weighted by Gasteiger charge is -2.10. The molecule has 0 spiro atoms. The molecule has 0 bridgehead atoms. The van der Waals surface area contributed by atoms with Gasteiger partial charge in [0.05, 0.1) is 17.6 Å². The average molecular weight is 312 g/mol. The van der Waals surface area contributed by atoms with Crippen molar-refractivity contribution in [3.8, 4) is 0 Å². The maximum absolute atomic E-state index is 13.3. The predicted molar refractivity (Wildman–Crippen MR) is 76.4 cm³/mol. The van der Waals surface area contributed by atoms with E-state index in [4.69, 9.17) is 5.73 Å². The van der Waals surface area contributed by atoms with Crippen molar-refractivity contribution in [1.82, 2.24) is 14.5 Å². The highest BCUT2D eigenvalue weighted by Gasteiger charge is 2.18. The highest BCUT2D eigenvalue weighted by Crippen LogP contribution is 2.16. The van der Waals surface area contributed by atoms with Gasteiger partial charge in [-0.1, -0.05) is 6.07 Å². The van der Waals surface area contributed by atoms with Crippen LogP contribution >= 0.6 is 0 Å². The Hall–Kier alpha value is -1.77. The fourth-order valence-electron chi connectivity index (χ4n) is 1.91. The number of hydrogen-bond acceptors (Lipinski definition) is 4. The number of rotatable bonds is 6. The Morgan fingerprint density at radius 2 is 2.19 bits per heavy atom. The van der Waals surface area contributed by atoms with Crippen LogP contribution in [0.5, 0.6) is 0 Å². The van der Waals surface area contributed by atoms with Crippen molar-refractivity contribution in [3.05, 3.63) is 47.5 Å². The molecule has 0 radical (unpaired) electrons. The van der Waals surface area contributed by atoms with Crippen LogP contribution in [0.25, 0.3) is 0 Å². The number of sulfonamides is 1. The summed E-state index contributed by atoms with van der Waals surface area (Å²) >= 11 is 0. The van der Waals surface area contributed by atoms with Crippen molar-refractivity contribution in [3.63, 3.8) is 0 Å². The Morgan fingerprint density at radius 1 is 1.43 bits per heavy atom. The summed E-state index contributed by atoms with van der Waals surface area (Å²) in [6.45, 7) is 2.47. The molecule has 1 aromatic carbocycles. The molecule has 3 N–H and O–H groups in total. The van der Waals surface area contributed by atoms with Crippen LogP contribution in [0.1, 0.15) is 11.1 Å². The van der Waals surface area contributed by atoms with Crippen molar-refractivity contribution in [1.29, 1.82) is 0 Å². The van der Waals surface area contributed by atoms with E-state index in [9.17, 15) is 12.8 Å². The first-order valence-corrected chi connectivity index (χ1v) is 7.88. The van der Waals surface area contributed by atoms with Crippen LogP contribution in [0.15, 0.2) is 35.5 Å². The first-order chi connectivity index (χ1) is 9.92. The van der Waals surface area contributed by atoms with Crippen LogP contribution in [0, 0.1) is 12.7 Å². The second kappa shape index (κ2) is 6.33. The molecule has 0 saturated carbocycles. The summed E-state index contributed by atoms with van der Waals surface area (Å²) in [6, 6.07) is 3.54. The molecule has 1 heterocycles. The van der Waals surface area contributed by atoms with Crippen molar-refractivity contribution >= 4 is 10.0 Å². The van der Waals surface area contributed by atoms with Gasteiger partial charge in [0.25, 0.3) is 0 Å². The molecule has 0 saturated heterocycles. The number of benzene rings is 1. The van der Waals surface area contributed by atoms with Crippen LogP contribution in [-0.2, 0) is 23.1 Å². The first-order valence-electron chi connectivity index (χ1n) is 6.39. The molecule has 8 heteroatoms. The molecule has 1 aromatic heterocycles. The Morgan fingerprint density at radius 3 is 2.81 bits per heavy atom. The number of nitrogens with two attached hydrogens (primary N) is 1. The molecule has 6 nitrogen and oxygen atoms in total. The summed E-state index contributed by atoms with van der Waals surface area (Å²) in [5.41, 5.74) is 6.86. The zero-order chi connectivity index (χ0) is 15.5. The molecule has 0 aliphatic heterocycles. The van der Waals surface area contributed by atoms with E-state index in [0.29, 0.717) is 12.1 Å². The van der Waals surface area contributed by atoms with Crippen LogP contribution in [-0.4, -0.2) is 24.7 Å². The number of hydrogen-bond donors (Lipinski definition) is 2. The van der Waals surface area contributed by atoms with E-state index in [0.717, 1.165) is 11.6 Å². The zero-order valence-electron chi connectivity index (χ0n) is 11.6. The summed E-state index contributed by atoms with van der Waals surface area (Å²) in [6.07, 6.45) is 3.50. The summed E-state index contributed by atoms with van der Waals surface area (Å²) < 4.78 is 41.7. The van der Waals surface area contributed by atoms with E-state index in [1.165, 1.54) is 12.1 Å². The smallest absolute Gasteiger partial charge is 0.241 e. The van der Waals surface area contributed by atoms with Crippen LogP contribution in [0.4, 0.5) is 4.39 Å². The van der Waals surface area contributed by atoms with E-state index in [-0.39, 0.29) is 18.0 Å². The first kappa shape index (κ1) is 15.6. The highest BCUT2D eigenvalue weighted by molar-refractivity contribution is 7.89. The molecule has 114 valence electrons. The summed E-state index contributed by atoms with van der Waals surface area (Å²) in [4.78, 5) is -0.123. The number of aromatic nitrogens is 2. The van der Waals surface area contributed by atoms with Gasteiger partial charge in [0, 0.05) is 19.3 Å². The Kier molecular flexibility index (Phi) is 4.71. The third kappa shape index (κ3) is 3.87. The Balaban J connectivity index is 2.09. The second-order valence-electron chi connectivity index (χ2n) is 4.63. The van der Waals surface area contributed by atoms with Crippen molar-refractivity contribution < 1.29 is 12.8 Å². The highest BCUT2D eigenvalue weighted by atomic mass is 32.2. The minimum absolute atomic E-state index is 0.0227. The Labute approximate surface area is 122 Å². The molecule has 0 aliphatic carbocycles. The van der Waals surface area contributed by atoms with Gasteiger partial charge in [0.2, 0.25) is 10.0 Å². The quantitative estimate of drug-likeness (QED) is 0.824. The fourth-order valence-corrected chi connectivity index (χ4v) is 3.19. The van der Waals surface area contributed by atoms with Gasteiger partial charge in [-0.05, 0) is 30.2 Å². The minimum Gasteiger partial charge on any atom is -0.326 e. The van der Waals surface area contributed by atoms with E-state index < -0.39 is 15.8 Å². The van der Waals surface area contributed by atoms with Crippen molar-refractivity contribution in [2.24, 2.45) is 5.73 Å². The van der Waals surface area contributed by atoms with E-state index in [2.05, 4.69) is 9.82 Å². The van der Waals surface area contributed by atoms with Gasteiger partial charge in [-0.2, -0.15) is 5.10 Å². The molecule has 2 aromatic rings. The predicted octanol–water partition coefficient (Wildman–Crippen LogP) is 0.768. The molecular weight excluding hydrogens is 295 g/mol. The van der Waals surface area contributed by atoms with Gasteiger partial charge >= 0.3 is 0 Å². The van der Waals surface area contributed by atoms with Gasteiger partial charge < -0.3 is 5.73 Å². The molecule has 0 amide bonds. The lowest BCUT2D eigenvalue weighted by Crippen LogP contribution is -2.28. The van der Waals surface area contributed by atoms with E-state index in [1.54, 1.807) is 10.9 Å². The van der Waals surface area contributed by atoms with E-state index in [1.807, 2.05) is 13.1 Å². The zero-order valence-corrected chi connectivity index (χ0v) is 12.4. The van der Waals surface area contributed by atoms with Crippen LogP contribution in [0.3, 0.4) is 0 Å². The Bertz CT molecular complexity index is 728. The standard InChI is InChI=1S/C13H17FN4O2S/c1-10-8-16-18(9-10)5-4-17-21(19,20)13-6-12(14)3-2-11(13)7-15/h2-3,6,8-9,17H,4-5,7,15H2,1H3. The molecule has 0 fully saturated rings. The second-order valence-corrected chi connectivity index (χ2v) is 6.37. The molecule has 2 rings (SSSR count). The SMILES string of the molecule is Cc1cnn(CCNS(=O)(=O)c2cc(F)ccc2CN)c1. The fraction of sp³-hybridized carbons (Fsp3) is 0.308. The lowest BCUT2D eigenvalue weighted by molar-refractivity contribution is 0.557. The maximum Gasteiger partial charge on any atom is 0.241 e. The minimum atomic E-state index is -3.80. The van der Waals surface area contributed by atoms with Gasteiger partial charge in [-0.15, -0.1) is 0 Å². The normalized spacial score (nSPS) is 11.8. The van der Waals surface area contributed by atoms with Gasteiger partial charge in [0.15, 0.2) is 0 Å². The van der Waals surface area contributed by atoms with Crippen LogP contribution in [0.2, 0.25) is 0 Å². The van der Waals surface area contributed by atoms with E-state index >= 15 is 0 Å². The van der Waals surface area contributed by atoms with Gasteiger partial charge in [0.1, 0.15) is 5.82 Å². The lowest BCUT2D eigenvalue weighted by atomic mass is 10.2. The molecule has 0 atom stereocenters. The topological polar surface area (TPSA) is 90.0 Å². The van der Waals surface area contributed by atoms with Crippen molar-refractivity contribution in [2.75, 3.05) is 6.54 Å². The maximum atomic E-state index is 13.3. The number of aryl methyl sites for hydroxylation is 1. The molecule has 0 unspecified atom stereocenters. The number of nitrogens with one attached hydrogen (secondary N) is 1. The van der Waals surface area contributed by atoms with Crippen LogP contribution < -0.4 is 10.5 Å². The summed E-state index contributed by atoms with van der Waals surface area (Å²) in [5, 5.41) is 4.06. The van der Waals surface area contributed by atoms with Crippen molar-refractivity contribution in [2.45, 2.75) is 24.9 Å². The number of halogens is 1. The summed E-state index contributed by atoms with van der Waals surface area (Å²) in [7, 11) is -3.80. The average Bonchev–Trinajstić information content (AvgIpc) is 2.84. The molecule has 21 heavy (non-hydrogen) atoms. The largest absolute Gasteiger partial charge is 0.326 e.